The van der Waals surface area contributed by atoms with E-state index < -0.39 is 12.0 Å². The minimum Gasteiger partial charge on any atom is -0.477 e. The molecule has 1 fully saturated rings. The highest BCUT2D eigenvalue weighted by molar-refractivity contribution is 8.07. The Morgan fingerprint density at radius 2 is 2.19 bits per heavy atom. The molecule has 4 heterocycles. The highest BCUT2D eigenvalue weighted by Gasteiger charge is 2.52. The Balaban J connectivity index is 1.61. The first-order chi connectivity index (χ1) is 12.5. The zero-order valence-corrected chi connectivity index (χ0v) is 16.1. The number of nitrogens with zero attached hydrogens (tertiary/aromatic N) is 3. The van der Waals surface area contributed by atoms with Crippen LogP contribution in [-0.4, -0.2) is 44.0 Å². The molecule has 10 heteroatoms. The fourth-order valence-electron chi connectivity index (χ4n) is 2.78. The standard InChI is InChI=1S/C16H14N4O3S3/c1-19-4-2-8(3-5-19)9-6-25-16(18-9)26-10-7-24-14-11(17)13(21)20(14)12(10)15(22)23/h2-6,11,14H,7,17H2,1H3/p+1/t11?,14-/m0/s1. The molecular weight excluding hydrogens is 392 g/mol. The maximum Gasteiger partial charge on any atom is 0.353 e. The molecule has 2 atom stereocenters. The van der Waals surface area contributed by atoms with Crippen molar-refractivity contribution in [1.29, 1.82) is 0 Å². The van der Waals surface area contributed by atoms with Gasteiger partial charge in [0, 0.05) is 33.7 Å². The van der Waals surface area contributed by atoms with E-state index in [9.17, 15) is 14.7 Å². The van der Waals surface area contributed by atoms with Crippen LogP contribution in [0.15, 0.2) is 44.8 Å². The first-order valence-corrected chi connectivity index (χ1v) is 10.5. The Labute approximate surface area is 161 Å². The predicted molar refractivity (Wildman–Crippen MR) is 100 cm³/mol. The number of rotatable bonds is 4. The smallest absolute Gasteiger partial charge is 0.353 e. The molecule has 2 aliphatic rings. The van der Waals surface area contributed by atoms with E-state index in [0.717, 1.165) is 15.6 Å². The SMILES string of the molecule is C[n+]1ccc(-c2csc(SC3=C(C(=O)O)N4C(=O)C(N)[C@@H]4SC3)n2)cc1. The maximum atomic E-state index is 12.0. The molecule has 1 unspecified atom stereocenters. The molecule has 0 saturated carbocycles. The number of thiazole rings is 1. The van der Waals surface area contributed by atoms with E-state index in [2.05, 4.69) is 4.98 Å². The predicted octanol–water partition coefficient (Wildman–Crippen LogP) is 1.27. The lowest BCUT2D eigenvalue weighted by Gasteiger charge is -2.47. The molecule has 1 saturated heterocycles. The minimum atomic E-state index is -1.11. The van der Waals surface area contributed by atoms with Gasteiger partial charge in [-0.05, 0) is 0 Å². The summed E-state index contributed by atoms with van der Waals surface area (Å²) in [5.74, 6) is -0.940. The molecular formula is C16H15N4O3S3+. The van der Waals surface area contributed by atoms with Crippen molar-refractivity contribution in [3.63, 3.8) is 0 Å². The summed E-state index contributed by atoms with van der Waals surface area (Å²) >= 11 is 4.26. The monoisotopic (exact) mass is 407 g/mol. The van der Waals surface area contributed by atoms with Crippen molar-refractivity contribution >= 4 is 46.7 Å². The molecule has 2 aliphatic heterocycles. The summed E-state index contributed by atoms with van der Waals surface area (Å²) in [5.41, 5.74) is 7.65. The molecule has 0 aromatic carbocycles. The Morgan fingerprint density at radius 1 is 1.46 bits per heavy atom. The van der Waals surface area contributed by atoms with Gasteiger partial charge in [0.25, 0.3) is 0 Å². The number of β-lactam (4-membered cyclic amide) rings is 1. The highest BCUT2D eigenvalue weighted by atomic mass is 32.2. The lowest BCUT2D eigenvalue weighted by molar-refractivity contribution is -0.671. The van der Waals surface area contributed by atoms with Crippen molar-refractivity contribution in [2.45, 2.75) is 15.8 Å². The van der Waals surface area contributed by atoms with Gasteiger partial charge in [0.1, 0.15) is 24.2 Å². The van der Waals surface area contributed by atoms with Crippen LogP contribution in [0.5, 0.6) is 0 Å². The second-order valence-electron chi connectivity index (χ2n) is 5.87. The lowest BCUT2D eigenvalue weighted by Crippen LogP contribution is -2.68. The summed E-state index contributed by atoms with van der Waals surface area (Å²) in [6.45, 7) is 0. The third-order valence-corrected chi connectivity index (χ3v) is 7.65. The number of aryl methyl sites for hydroxylation is 1. The van der Waals surface area contributed by atoms with Gasteiger partial charge in [-0.3, -0.25) is 9.69 Å². The molecule has 0 aliphatic carbocycles. The number of carbonyl (C=O) groups excluding carboxylic acids is 1. The summed E-state index contributed by atoms with van der Waals surface area (Å²) in [6.07, 6.45) is 3.90. The average molecular weight is 408 g/mol. The molecule has 26 heavy (non-hydrogen) atoms. The Morgan fingerprint density at radius 3 is 2.88 bits per heavy atom. The fraction of sp³-hybridized carbons (Fsp3) is 0.250. The normalized spacial score (nSPS) is 22.2. The third-order valence-electron chi connectivity index (χ3n) is 4.14. The van der Waals surface area contributed by atoms with Gasteiger partial charge in [-0.15, -0.1) is 23.1 Å². The molecule has 0 bridgehead atoms. The summed E-state index contributed by atoms with van der Waals surface area (Å²) in [7, 11) is 1.95. The third kappa shape index (κ3) is 2.92. The van der Waals surface area contributed by atoms with Crippen molar-refractivity contribution in [3.05, 3.63) is 40.5 Å². The van der Waals surface area contributed by atoms with Crippen LogP contribution >= 0.6 is 34.9 Å². The van der Waals surface area contributed by atoms with E-state index in [1.54, 1.807) is 0 Å². The Hall–Kier alpha value is -1.88. The van der Waals surface area contributed by atoms with Crippen LogP contribution in [0.1, 0.15) is 0 Å². The largest absolute Gasteiger partial charge is 0.477 e. The number of pyridine rings is 1. The summed E-state index contributed by atoms with van der Waals surface area (Å²) < 4.78 is 2.69. The molecule has 1 amide bonds. The van der Waals surface area contributed by atoms with E-state index >= 15 is 0 Å². The van der Waals surface area contributed by atoms with Gasteiger partial charge in [-0.25, -0.2) is 14.3 Å². The van der Waals surface area contributed by atoms with Gasteiger partial charge in [0.2, 0.25) is 5.91 Å². The van der Waals surface area contributed by atoms with Gasteiger partial charge in [-0.1, -0.05) is 11.8 Å². The van der Waals surface area contributed by atoms with E-state index in [1.165, 1.54) is 39.8 Å². The number of thioether (sulfide) groups is 2. The Bertz CT molecular complexity index is 925. The second-order valence-corrected chi connectivity index (χ2v) is 9.17. The molecule has 2 aromatic heterocycles. The summed E-state index contributed by atoms with van der Waals surface area (Å²) in [6, 6.07) is 3.34. The van der Waals surface area contributed by atoms with Crippen molar-refractivity contribution < 1.29 is 19.3 Å². The van der Waals surface area contributed by atoms with E-state index in [4.69, 9.17) is 5.73 Å². The number of hydrogen-bond acceptors (Lipinski definition) is 7. The van der Waals surface area contributed by atoms with Crippen molar-refractivity contribution in [2.75, 3.05) is 5.75 Å². The average Bonchev–Trinajstić information content (AvgIpc) is 3.09. The van der Waals surface area contributed by atoms with Crippen LogP contribution in [0.3, 0.4) is 0 Å². The number of aromatic nitrogens is 2. The highest BCUT2D eigenvalue weighted by Crippen LogP contribution is 2.45. The number of fused-ring (bicyclic) bond motifs is 1. The zero-order valence-electron chi connectivity index (χ0n) is 13.7. The number of aliphatic carboxylic acids is 1. The lowest BCUT2D eigenvalue weighted by atomic mass is 10.1. The zero-order chi connectivity index (χ0) is 18.4. The molecule has 0 radical (unpaired) electrons. The van der Waals surface area contributed by atoms with E-state index in [-0.39, 0.29) is 17.0 Å². The van der Waals surface area contributed by atoms with Crippen molar-refractivity contribution in [2.24, 2.45) is 12.8 Å². The van der Waals surface area contributed by atoms with Gasteiger partial charge in [0.15, 0.2) is 16.7 Å². The first-order valence-electron chi connectivity index (χ1n) is 7.71. The number of carboxylic acids is 1. The van der Waals surface area contributed by atoms with Gasteiger partial charge in [0.05, 0.1) is 5.69 Å². The van der Waals surface area contributed by atoms with Crippen LogP contribution in [-0.2, 0) is 16.6 Å². The molecule has 3 N–H and O–H groups in total. The van der Waals surface area contributed by atoms with E-state index in [1.807, 2.05) is 41.5 Å². The fourth-order valence-corrected chi connectivity index (χ4v) is 6.19. The van der Waals surface area contributed by atoms with Crippen LogP contribution < -0.4 is 10.3 Å². The molecule has 2 aromatic rings. The van der Waals surface area contributed by atoms with Crippen LogP contribution in [0.2, 0.25) is 0 Å². The van der Waals surface area contributed by atoms with E-state index in [0.29, 0.717) is 10.7 Å². The Kier molecular flexibility index (Phi) is 4.51. The number of hydrogen-bond donors (Lipinski definition) is 2. The topological polar surface area (TPSA) is 100 Å². The minimum absolute atomic E-state index is 0.0361. The van der Waals surface area contributed by atoms with Crippen LogP contribution in [0.4, 0.5) is 0 Å². The molecule has 7 nitrogen and oxygen atoms in total. The van der Waals surface area contributed by atoms with Crippen LogP contribution in [0, 0.1) is 0 Å². The first kappa shape index (κ1) is 17.5. The number of nitrogens with two attached hydrogens (primary N) is 1. The molecule has 4 rings (SSSR count). The van der Waals surface area contributed by atoms with Gasteiger partial charge < -0.3 is 10.8 Å². The summed E-state index contributed by atoms with van der Waals surface area (Å²) in [4.78, 5) is 30.2. The number of carbonyl (C=O) groups is 2. The van der Waals surface area contributed by atoms with Crippen molar-refractivity contribution in [3.8, 4) is 11.3 Å². The van der Waals surface area contributed by atoms with Gasteiger partial charge >= 0.3 is 5.97 Å². The number of carboxylic acid groups (broad SMARTS) is 1. The molecule has 134 valence electrons. The quantitative estimate of drug-likeness (QED) is 0.581. The summed E-state index contributed by atoms with van der Waals surface area (Å²) in [5, 5.41) is 11.3. The van der Waals surface area contributed by atoms with Gasteiger partial charge in [-0.2, -0.15) is 0 Å². The van der Waals surface area contributed by atoms with Crippen molar-refractivity contribution in [1.82, 2.24) is 9.88 Å². The number of amides is 1. The second kappa shape index (κ2) is 6.69. The molecule has 0 spiro atoms. The van der Waals surface area contributed by atoms with Crippen LogP contribution in [0.25, 0.3) is 11.3 Å². The maximum absolute atomic E-state index is 12.0.